The molecule has 0 unspecified atom stereocenters. The maximum atomic E-state index is 14.1. The molecule has 2 atom stereocenters. The first-order valence-corrected chi connectivity index (χ1v) is 9.45. The lowest BCUT2D eigenvalue weighted by molar-refractivity contribution is -0.174. The molecule has 28 heavy (non-hydrogen) atoms. The van der Waals surface area contributed by atoms with E-state index in [1.165, 1.54) is 6.07 Å². The molecule has 1 N–H and O–H groups in total. The number of piperidine rings is 1. The number of ether oxygens (including phenoxy) is 1. The Balaban J connectivity index is 1.83. The Kier molecular flexibility index (Phi) is 4.73. The maximum Gasteiger partial charge on any atom is 0.471 e. The number of benzene rings is 2. The van der Waals surface area contributed by atoms with E-state index in [2.05, 4.69) is 21.2 Å². The summed E-state index contributed by atoms with van der Waals surface area (Å²) in [5.41, 5.74) is 1.20. The van der Waals surface area contributed by atoms with E-state index in [0.717, 1.165) is 0 Å². The lowest BCUT2D eigenvalue weighted by Crippen LogP contribution is -2.52. The molecule has 4 rings (SSSR count). The highest BCUT2D eigenvalue weighted by Gasteiger charge is 2.44. The number of amides is 1. The van der Waals surface area contributed by atoms with E-state index in [0.29, 0.717) is 36.4 Å². The molecule has 0 saturated carbocycles. The summed E-state index contributed by atoms with van der Waals surface area (Å²) in [7, 11) is 0. The molecule has 1 fully saturated rings. The van der Waals surface area contributed by atoms with Crippen molar-refractivity contribution in [3.63, 3.8) is 0 Å². The Hall–Kier alpha value is -2.29. The second kappa shape index (κ2) is 6.95. The van der Waals surface area contributed by atoms with Crippen molar-refractivity contribution in [2.75, 3.05) is 11.4 Å². The van der Waals surface area contributed by atoms with E-state index < -0.39 is 30.0 Å². The van der Waals surface area contributed by atoms with Crippen molar-refractivity contribution in [3.8, 4) is 11.5 Å². The van der Waals surface area contributed by atoms with E-state index in [-0.39, 0.29) is 10.2 Å². The predicted molar refractivity (Wildman–Crippen MR) is 97.9 cm³/mol. The molecule has 2 aromatic carbocycles. The van der Waals surface area contributed by atoms with Gasteiger partial charge in [-0.25, -0.2) is 4.39 Å². The first-order valence-electron chi connectivity index (χ1n) is 8.66. The van der Waals surface area contributed by atoms with Gasteiger partial charge < -0.3 is 15.0 Å². The minimum atomic E-state index is -4.97. The zero-order valence-electron chi connectivity index (χ0n) is 14.4. The second-order valence-electron chi connectivity index (χ2n) is 6.73. The lowest BCUT2D eigenvalue weighted by Gasteiger charge is -2.42. The number of carbonyl (C=O) groups is 1. The van der Waals surface area contributed by atoms with Gasteiger partial charge in [0, 0.05) is 18.2 Å². The van der Waals surface area contributed by atoms with Gasteiger partial charge in [0.05, 0.1) is 22.2 Å². The SMILES string of the molecule is O=C(N[C@H]1CCCN2c3cc(Br)c(F)cc3Oc3ccccc3[C@H]12)C(F)(F)F. The average molecular weight is 459 g/mol. The molecule has 148 valence electrons. The number of nitrogens with zero attached hydrogens (tertiary/aromatic N) is 1. The van der Waals surface area contributed by atoms with Crippen LogP contribution in [0.4, 0.5) is 23.2 Å². The van der Waals surface area contributed by atoms with E-state index >= 15 is 0 Å². The van der Waals surface area contributed by atoms with E-state index in [9.17, 15) is 22.4 Å². The Morgan fingerprint density at radius 1 is 1.21 bits per heavy atom. The minimum absolute atomic E-state index is 0.223. The molecule has 1 saturated heterocycles. The topological polar surface area (TPSA) is 41.6 Å². The van der Waals surface area contributed by atoms with Gasteiger partial charge in [-0.2, -0.15) is 13.2 Å². The number of carbonyl (C=O) groups excluding carboxylic acids is 1. The van der Waals surface area contributed by atoms with Gasteiger partial charge >= 0.3 is 12.1 Å². The fourth-order valence-electron chi connectivity index (χ4n) is 3.81. The maximum absolute atomic E-state index is 14.1. The van der Waals surface area contributed by atoms with Crippen molar-refractivity contribution in [1.82, 2.24) is 5.32 Å². The van der Waals surface area contributed by atoms with Crippen LogP contribution in [-0.4, -0.2) is 24.7 Å². The molecule has 2 aliphatic rings. The van der Waals surface area contributed by atoms with Crippen molar-refractivity contribution < 1.29 is 27.1 Å². The third-order valence-electron chi connectivity index (χ3n) is 4.97. The number of fused-ring (bicyclic) bond motifs is 5. The van der Waals surface area contributed by atoms with Gasteiger partial charge in [-0.3, -0.25) is 4.79 Å². The van der Waals surface area contributed by atoms with Crippen molar-refractivity contribution in [2.24, 2.45) is 0 Å². The molecule has 0 aromatic heterocycles. The summed E-state index contributed by atoms with van der Waals surface area (Å²) in [6, 6.07) is 8.37. The average Bonchev–Trinajstić information content (AvgIpc) is 2.77. The van der Waals surface area contributed by atoms with Gasteiger partial charge in [0.1, 0.15) is 11.6 Å². The van der Waals surface area contributed by atoms with Gasteiger partial charge in [-0.1, -0.05) is 18.2 Å². The largest absolute Gasteiger partial charge is 0.471 e. The van der Waals surface area contributed by atoms with Crippen LogP contribution in [0.1, 0.15) is 24.4 Å². The normalized spacial score (nSPS) is 21.0. The number of rotatable bonds is 1. The molecule has 0 aliphatic carbocycles. The monoisotopic (exact) mass is 458 g/mol. The summed E-state index contributed by atoms with van der Waals surface area (Å²) in [5, 5.41) is 2.14. The Morgan fingerprint density at radius 2 is 1.96 bits per heavy atom. The van der Waals surface area contributed by atoms with E-state index in [4.69, 9.17) is 4.74 Å². The van der Waals surface area contributed by atoms with Crippen LogP contribution in [0.2, 0.25) is 0 Å². The highest BCUT2D eigenvalue weighted by atomic mass is 79.9. The fourth-order valence-corrected chi connectivity index (χ4v) is 4.14. The zero-order valence-corrected chi connectivity index (χ0v) is 16.0. The smallest absolute Gasteiger partial charge is 0.455 e. The van der Waals surface area contributed by atoms with E-state index in [1.54, 1.807) is 30.3 Å². The number of halogens is 5. The van der Waals surface area contributed by atoms with Crippen LogP contribution in [0, 0.1) is 5.82 Å². The quantitative estimate of drug-likeness (QED) is 0.605. The highest BCUT2D eigenvalue weighted by molar-refractivity contribution is 9.10. The number of anilines is 1. The first kappa shape index (κ1) is 19.0. The summed E-state index contributed by atoms with van der Waals surface area (Å²) in [5.74, 6) is -1.78. The van der Waals surface area contributed by atoms with Crippen LogP contribution >= 0.6 is 15.9 Å². The summed E-state index contributed by atoms with van der Waals surface area (Å²) in [4.78, 5) is 13.5. The van der Waals surface area contributed by atoms with Crippen LogP contribution in [0.5, 0.6) is 11.5 Å². The number of hydrogen-bond acceptors (Lipinski definition) is 3. The van der Waals surface area contributed by atoms with Crippen LogP contribution in [0.25, 0.3) is 0 Å². The standard InChI is InChI=1S/C19H15BrF4N2O2/c20-11-8-14-16(9-12(11)21)28-15-6-2-1-4-10(15)17-13(5-3-7-26(14)17)25-18(27)19(22,23)24/h1-2,4,6,8-9,13,17H,3,5,7H2,(H,25,27)/t13-,17+/m0/s1. The molecule has 0 bridgehead atoms. The molecule has 2 heterocycles. The molecule has 1 amide bonds. The van der Waals surface area contributed by atoms with Gasteiger partial charge in [0.2, 0.25) is 0 Å². The second-order valence-corrected chi connectivity index (χ2v) is 7.59. The van der Waals surface area contributed by atoms with Crippen LogP contribution in [0.15, 0.2) is 40.9 Å². The van der Waals surface area contributed by atoms with Crippen molar-refractivity contribution in [3.05, 3.63) is 52.3 Å². The number of alkyl halides is 3. The van der Waals surface area contributed by atoms with Gasteiger partial charge in [-0.05, 0) is 40.9 Å². The molecular weight excluding hydrogens is 444 g/mol. The summed E-state index contributed by atoms with van der Waals surface area (Å²) in [6.07, 6.45) is -4.02. The molecule has 2 aliphatic heterocycles. The first-order chi connectivity index (χ1) is 13.3. The third kappa shape index (κ3) is 3.32. The number of hydrogen-bond donors (Lipinski definition) is 1. The van der Waals surface area contributed by atoms with Crippen LogP contribution < -0.4 is 15.0 Å². The molecule has 0 radical (unpaired) electrons. The molecule has 0 spiro atoms. The summed E-state index contributed by atoms with van der Waals surface area (Å²) >= 11 is 3.16. The van der Waals surface area contributed by atoms with Gasteiger partial charge in [0.15, 0.2) is 5.75 Å². The summed E-state index contributed by atoms with van der Waals surface area (Å²) in [6.45, 7) is 0.534. The number of nitrogens with one attached hydrogen (secondary N) is 1. The van der Waals surface area contributed by atoms with Gasteiger partial charge in [-0.15, -0.1) is 0 Å². The van der Waals surface area contributed by atoms with Crippen molar-refractivity contribution >= 4 is 27.5 Å². The molecule has 2 aromatic rings. The van der Waals surface area contributed by atoms with Gasteiger partial charge in [0.25, 0.3) is 0 Å². The Bertz CT molecular complexity index is 935. The number of para-hydroxylation sites is 1. The van der Waals surface area contributed by atoms with E-state index in [1.807, 2.05) is 4.90 Å². The fraction of sp³-hybridized carbons (Fsp3) is 0.316. The predicted octanol–water partition coefficient (Wildman–Crippen LogP) is 5.08. The molecular formula is C19H15BrF4N2O2. The zero-order chi connectivity index (χ0) is 20.1. The van der Waals surface area contributed by atoms with Crippen LogP contribution in [-0.2, 0) is 4.79 Å². The van der Waals surface area contributed by atoms with Crippen molar-refractivity contribution in [2.45, 2.75) is 31.1 Å². The van der Waals surface area contributed by atoms with Crippen LogP contribution in [0.3, 0.4) is 0 Å². The highest BCUT2D eigenvalue weighted by Crippen LogP contribution is 2.48. The third-order valence-corrected chi connectivity index (χ3v) is 5.58. The molecule has 4 nitrogen and oxygen atoms in total. The van der Waals surface area contributed by atoms with Crippen molar-refractivity contribution in [1.29, 1.82) is 0 Å². The molecule has 9 heteroatoms. The minimum Gasteiger partial charge on any atom is -0.455 e. The Morgan fingerprint density at radius 3 is 2.71 bits per heavy atom. The summed E-state index contributed by atoms with van der Waals surface area (Å²) < 4.78 is 58.8. The lowest BCUT2D eigenvalue weighted by atomic mass is 9.89. The Labute approximate surface area is 166 Å².